The van der Waals surface area contributed by atoms with Crippen LogP contribution in [0, 0.1) is 5.82 Å². The van der Waals surface area contributed by atoms with Gasteiger partial charge in [-0.25, -0.2) is 4.39 Å². The molecule has 0 aliphatic rings. The highest BCUT2D eigenvalue weighted by molar-refractivity contribution is 5.87. The van der Waals surface area contributed by atoms with Crippen LogP contribution in [0.25, 0.3) is 0 Å². The Bertz CT molecular complexity index is 868. The summed E-state index contributed by atoms with van der Waals surface area (Å²) >= 11 is 0. The lowest BCUT2D eigenvalue weighted by Crippen LogP contribution is -2.52. The monoisotopic (exact) mass is 426 g/mol. The summed E-state index contributed by atoms with van der Waals surface area (Å²) in [5.41, 5.74) is 2.74. The lowest BCUT2D eigenvalue weighted by atomic mass is 10.00. The molecule has 0 aromatic heterocycles. The second-order valence-corrected chi connectivity index (χ2v) is 9.46. The standard InChI is InChI=1S/C26H35FN2O2/c1-18(2)22-12-7-20(8-13-22)11-16-24(30)29(17-21-9-14-23(27)15-10-21)19(3)25(31)28-26(4,5)6/h7-10,12-15,18-19H,11,16-17H2,1-6H3,(H,28,31)/t19-/m0/s1. The van der Waals surface area contributed by atoms with Gasteiger partial charge in [-0.05, 0) is 68.9 Å². The first kappa shape index (κ1) is 24.6. The molecular formula is C26H35FN2O2. The van der Waals surface area contributed by atoms with Crippen LogP contribution < -0.4 is 5.32 Å². The van der Waals surface area contributed by atoms with Gasteiger partial charge in [0.1, 0.15) is 11.9 Å². The van der Waals surface area contributed by atoms with E-state index in [2.05, 4.69) is 43.4 Å². The minimum absolute atomic E-state index is 0.103. The van der Waals surface area contributed by atoms with Gasteiger partial charge in [0.25, 0.3) is 0 Å². The minimum atomic E-state index is -0.639. The number of nitrogens with zero attached hydrogens (tertiary/aromatic N) is 1. The number of aryl methyl sites for hydroxylation is 1. The summed E-state index contributed by atoms with van der Waals surface area (Å²) in [6, 6.07) is 13.7. The molecule has 0 spiro atoms. The van der Waals surface area contributed by atoms with E-state index in [0.717, 1.165) is 11.1 Å². The highest BCUT2D eigenvalue weighted by atomic mass is 19.1. The second-order valence-electron chi connectivity index (χ2n) is 9.46. The number of carbonyl (C=O) groups is 2. The third-order valence-corrected chi connectivity index (χ3v) is 5.21. The van der Waals surface area contributed by atoms with E-state index in [4.69, 9.17) is 0 Å². The van der Waals surface area contributed by atoms with Crippen molar-refractivity contribution in [2.45, 2.75) is 78.4 Å². The van der Waals surface area contributed by atoms with Gasteiger partial charge in [-0.3, -0.25) is 9.59 Å². The number of hydrogen-bond acceptors (Lipinski definition) is 2. The summed E-state index contributed by atoms with van der Waals surface area (Å²) < 4.78 is 13.3. The van der Waals surface area contributed by atoms with Gasteiger partial charge in [0.15, 0.2) is 0 Å². The van der Waals surface area contributed by atoms with E-state index in [-0.39, 0.29) is 24.2 Å². The molecule has 0 bridgehead atoms. The summed E-state index contributed by atoms with van der Waals surface area (Å²) in [4.78, 5) is 27.5. The van der Waals surface area contributed by atoms with E-state index in [1.54, 1.807) is 24.0 Å². The zero-order chi connectivity index (χ0) is 23.2. The number of rotatable bonds is 8. The average Bonchev–Trinajstić information content (AvgIpc) is 2.70. The van der Waals surface area contributed by atoms with Gasteiger partial charge in [-0.15, -0.1) is 0 Å². The van der Waals surface area contributed by atoms with E-state index in [1.165, 1.54) is 17.7 Å². The fraction of sp³-hybridized carbons (Fsp3) is 0.462. The van der Waals surface area contributed by atoms with Crippen molar-refractivity contribution in [1.29, 1.82) is 0 Å². The van der Waals surface area contributed by atoms with Gasteiger partial charge in [0.2, 0.25) is 11.8 Å². The summed E-state index contributed by atoms with van der Waals surface area (Å²) in [7, 11) is 0. The van der Waals surface area contributed by atoms with Crippen LogP contribution in [0.15, 0.2) is 48.5 Å². The summed E-state index contributed by atoms with van der Waals surface area (Å²) in [6.45, 7) is 12.0. The van der Waals surface area contributed by atoms with Crippen LogP contribution in [0.1, 0.15) is 70.6 Å². The maximum Gasteiger partial charge on any atom is 0.242 e. The van der Waals surface area contributed by atoms with Crippen LogP contribution in [0.3, 0.4) is 0 Å². The van der Waals surface area contributed by atoms with Crippen molar-refractivity contribution < 1.29 is 14.0 Å². The number of carbonyl (C=O) groups excluding carboxylic acids is 2. The van der Waals surface area contributed by atoms with Crippen molar-refractivity contribution in [2.75, 3.05) is 0 Å². The molecule has 0 fully saturated rings. The number of nitrogens with one attached hydrogen (secondary N) is 1. The normalized spacial score (nSPS) is 12.5. The van der Waals surface area contributed by atoms with E-state index in [1.807, 2.05) is 20.8 Å². The summed E-state index contributed by atoms with van der Waals surface area (Å²) in [6.07, 6.45) is 0.903. The molecule has 0 unspecified atom stereocenters. The van der Waals surface area contributed by atoms with Crippen LogP contribution in [-0.4, -0.2) is 28.3 Å². The predicted octanol–water partition coefficient (Wildman–Crippen LogP) is 5.21. The van der Waals surface area contributed by atoms with E-state index in [0.29, 0.717) is 18.8 Å². The van der Waals surface area contributed by atoms with Crippen LogP contribution >= 0.6 is 0 Å². The number of halogens is 1. The number of hydrogen-bond donors (Lipinski definition) is 1. The molecule has 0 radical (unpaired) electrons. The quantitative estimate of drug-likeness (QED) is 0.630. The molecule has 2 aromatic carbocycles. The lowest BCUT2D eigenvalue weighted by molar-refractivity contribution is -0.141. The molecule has 2 aromatic rings. The van der Waals surface area contributed by atoms with Crippen LogP contribution in [0.4, 0.5) is 4.39 Å². The Morgan fingerprint density at radius 2 is 1.48 bits per heavy atom. The fourth-order valence-electron chi connectivity index (χ4n) is 3.31. The van der Waals surface area contributed by atoms with Gasteiger partial charge < -0.3 is 10.2 Å². The third kappa shape index (κ3) is 7.82. The Labute approximate surface area is 185 Å². The molecule has 0 aliphatic heterocycles. The van der Waals surface area contributed by atoms with Crippen LogP contribution in [-0.2, 0) is 22.6 Å². The molecule has 4 nitrogen and oxygen atoms in total. The predicted molar refractivity (Wildman–Crippen MR) is 123 cm³/mol. The molecule has 5 heteroatoms. The molecule has 0 heterocycles. The fourth-order valence-corrected chi connectivity index (χ4v) is 3.31. The number of amides is 2. The van der Waals surface area contributed by atoms with Crippen LogP contribution in [0.5, 0.6) is 0 Å². The number of benzene rings is 2. The SMILES string of the molecule is CC(C)c1ccc(CCC(=O)N(Cc2ccc(F)cc2)[C@@H](C)C(=O)NC(C)(C)C)cc1. The van der Waals surface area contributed by atoms with Crippen molar-refractivity contribution >= 4 is 11.8 Å². The molecule has 0 aliphatic carbocycles. The molecule has 2 amide bonds. The highest BCUT2D eigenvalue weighted by Crippen LogP contribution is 2.17. The molecule has 31 heavy (non-hydrogen) atoms. The van der Waals surface area contributed by atoms with Gasteiger partial charge >= 0.3 is 0 Å². The molecule has 168 valence electrons. The molecule has 1 atom stereocenters. The Kier molecular flexibility index (Phi) is 8.37. The Hall–Kier alpha value is -2.69. The molecule has 1 N–H and O–H groups in total. The Morgan fingerprint density at radius 1 is 0.935 bits per heavy atom. The smallest absolute Gasteiger partial charge is 0.242 e. The van der Waals surface area contributed by atoms with E-state index >= 15 is 0 Å². The Balaban J connectivity index is 2.14. The topological polar surface area (TPSA) is 49.4 Å². The molecular weight excluding hydrogens is 391 g/mol. The molecule has 2 rings (SSSR count). The second kappa shape index (κ2) is 10.6. The van der Waals surface area contributed by atoms with Gasteiger partial charge in [-0.2, -0.15) is 0 Å². The van der Waals surface area contributed by atoms with E-state index < -0.39 is 11.6 Å². The third-order valence-electron chi connectivity index (χ3n) is 5.21. The van der Waals surface area contributed by atoms with Gasteiger partial charge in [-0.1, -0.05) is 50.2 Å². The zero-order valence-corrected chi connectivity index (χ0v) is 19.5. The molecule has 0 saturated heterocycles. The maximum atomic E-state index is 13.3. The first-order valence-electron chi connectivity index (χ1n) is 10.9. The van der Waals surface area contributed by atoms with Gasteiger partial charge in [0.05, 0.1) is 0 Å². The van der Waals surface area contributed by atoms with Crippen molar-refractivity contribution in [3.8, 4) is 0 Å². The zero-order valence-electron chi connectivity index (χ0n) is 19.5. The van der Waals surface area contributed by atoms with Gasteiger partial charge in [0, 0.05) is 18.5 Å². The van der Waals surface area contributed by atoms with Crippen molar-refractivity contribution in [1.82, 2.24) is 10.2 Å². The van der Waals surface area contributed by atoms with E-state index in [9.17, 15) is 14.0 Å². The maximum absolute atomic E-state index is 13.3. The largest absolute Gasteiger partial charge is 0.350 e. The summed E-state index contributed by atoms with van der Waals surface area (Å²) in [5.74, 6) is -0.174. The Morgan fingerprint density at radius 3 is 2.00 bits per heavy atom. The van der Waals surface area contributed by atoms with Crippen LogP contribution in [0.2, 0.25) is 0 Å². The van der Waals surface area contributed by atoms with Crippen molar-refractivity contribution in [3.05, 3.63) is 71.0 Å². The highest BCUT2D eigenvalue weighted by Gasteiger charge is 2.28. The first-order valence-corrected chi connectivity index (χ1v) is 10.9. The lowest BCUT2D eigenvalue weighted by Gasteiger charge is -2.31. The van der Waals surface area contributed by atoms with Crippen molar-refractivity contribution in [3.63, 3.8) is 0 Å². The van der Waals surface area contributed by atoms with Crippen molar-refractivity contribution in [2.24, 2.45) is 0 Å². The minimum Gasteiger partial charge on any atom is -0.350 e. The summed E-state index contributed by atoms with van der Waals surface area (Å²) in [5, 5.41) is 2.95. The first-order chi connectivity index (χ1) is 14.5. The molecule has 0 saturated carbocycles. The average molecular weight is 427 g/mol.